The van der Waals surface area contributed by atoms with Crippen LogP contribution in [0.3, 0.4) is 0 Å². The molecule has 0 aromatic rings. The molecule has 0 radical (unpaired) electrons. The number of likely N-dealkylation sites (N-methyl/N-ethyl adjacent to an activating group) is 2. The molecule has 0 heterocycles. The van der Waals surface area contributed by atoms with Crippen molar-refractivity contribution in [2.45, 2.75) is 0 Å². The van der Waals surface area contributed by atoms with Crippen molar-refractivity contribution in [3.8, 4) is 0 Å². The van der Waals surface area contributed by atoms with Gasteiger partial charge in [0.25, 0.3) is 0 Å². The molecule has 0 aliphatic heterocycles. The third-order valence-corrected chi connectivity index (χ3v) is 1.17. The lowest BCUT2D eigenvalue weighted by molar-refractivity contribution is -0.123. The molecule has 3 nitrogen and oxygen atoms in total. The van der Waals surface area contributed by atoms with Crippen LogP contribution in [-0.4, -0.2) is 50.4 Å². The van der Waals surface area contributed by atoms with Crippen molar-refractivity contribution in [1.29, 1.82) is 0 Å². The third-order valence-electron chi connectivity index (χ3n) is 1.17. The summed E-state index contributed by atoms with van der Waals surface area (Å²) in [4.78, 5) is 14.5. The Morgan fingerprint density at radius 1 is 1.27 bits per heavy atom. The van der Waals surface area contributed by atoms with Gasteiger partial charge in [0, 0.05) is 26.7 Å². The van der Waals surface area contributed by atoms with Gasteiger partial charge in [-0.1, -0.05) is 6.08 Å². The molecule has 11 heavy (non-hydrogen) atoms. The molecule has 0 fully saturated rings. The largest absolute Gasteiger partial charge is 0.345 e. The van der Waals surface area contributed by atoms with Gasteiger partial charge >= 0.3 is 0 Å². The van der Waals surface area contributed by atoms with E-state index in [4.69, 9.17) is 0 Å². The average molecular weight is 156 g/mol. The minimum Gasteiger partial charge on any atom is -0.345 e. The summed E-state index contributed by atoms with van der Waals surface area (Å²) in [7, 11) is 7.40. The highest BCUT2D eigenvalue weighted by Crippen LogP contribution is 1.82. The molecule has 0 unspecified atom stereocenters. The zero-order valence-electron chi connectivity index (χ0n) is 7.66. The second-order valence-corrected chi connectivity index (χ2v) is 2.90. The first-order valence-electron chi connectivity index (χ1n) is 3.56. The highest BCUT2D eigenvalue weighted by molar-refractivity contribution is 5.87. The number of hydrogen-bond acceptors (Lipinski definition) is 2. The molecule has 0 aromatic carbocycles. The number of carbonyl (C=O) groups excluding carboxylic acids is 1. The van der Waals surface area contributed by atoms with Crippen LogP contribution >= 0.6 is 0 Å². The predicted octanol–water partition coefficient (Wildman–Crippen LogP) is 0.192. The summed E-state index contributed by atoms with van der Waals surface area (Å²) in [5.74, 6) is 0.0341. The molecule has 0 rings (SSSR count). The van der Waals surface area contributed by atoms with Crippen LogP contribution < -0.4 is 0 Å². The van der Waals surface area contributed by atoms with Gasteiger partial charge in [-0.15, -0.1) is 0 Å². The highest BCUT2D eigenvalue weighted by Gasteiger charge is 1.95. The molecule has 0 saturated heterocycles. The number of nitrogens with zero attached hydrogens (tertiary/aromatic N) is 2. The molecule has 0 aromatic heterocycles. The van der Waals surface area contributed by atoms with Crippen molar-refractivity contribution in [1.82, 2.24) is 9.80 Å². The van der Waals surface area contributed by atoms with E-state index in [0.717, 1.165) is 6.54 Å². The first-order valence-corrected chi connectivity index (χ1v) is 3.56. The van der Waals surface area contributed by atoms with Crippen LogP contribution in [0.25, 0.3) is 0 Å². The van der Waals surface area contributed by atoms with Crippen LogP contribution in [0, 0.1) is 0 Å². The maximum absolute atomic E-state index is 10.9. The Kier molecular flexibility index (Phi) is 4.54. The summed E-state index contributed by atoms with van der Waals surface area (Å²) in [5, 5.41) is 0. The Morgan fingerprint density at radius 2 is 1.82 bits per heavy atom. The summed E-state index contributed by atoms with van der Waals surface area (Å²) in [6.45, 7) is 0.805. The van der Waals surface area contributed by atoms with Crippen LogP contribution in [-0.2, 0) is 4.79 Å². The molecule has 0 aliphatic carbocycles. The van der Waals surface area contributed by atoms with E-state index in [1.165, 1.54) is 0 Å². The molecule has 0 saturated carbocycles. The van der Waals surface area contributed by atoms with Gasteiger partial charge < -0.3 is 9.80 Å². The Balaban J connectivity index is 3.66. The average Bonchev–Trinajstić information content (AvgIpc) is 1.86. The minimum absolute atomic E-state index is 0.0341. The van der Waals surface area contributed by atoms with E-state index in [1.54, 1.807) is 25.1 Å². The van der Waals surface area contributed by atoms with Crippen molar-refractivity contribution < 1.29 is 4.79 Å². The first-order chi connectivity index (χ1) is 5.04. The SMILES string of the molecule is CN(C)CC=CC(=O)N(C)C. The fourth-order valence-corrected chi connectivity index (χ4v) is 0.513. The Labute approximate surface area is 68.3 Å². The van der Waals surface area contributed by atoms with Crippen LogP contribution in [0.4, 0.5) is 0 Å². The van der Waals surface area contributed by atoms with Crippen LogP contribution in [0.5, 0.6) is 0 Å². The zero-order chi connectivity index (χ0) is 8.85. The molecule has 3 heteroatoms. The van der Waals surface area contributed by atoms with Crippen molar-refractivity contribution >= 4 is 5.91 Å². The van der Waals surface area contributed by atoms with Gasteiger partial charge in [-0.25, -0.2) is 0 Å². The van der Waals surface area contributed by atoms with Crippen molar-refractivity contribution in [2.75, 3.05) is 34.7 Å². The molecule has 0 atom stereocenters. The van der Waals surface area contributed by atoms with Gasteiger partial charge in [0.15, 0.2) is 0 Å². The van der Waals surface area contributed by atoms with Crippen LogP contribution in [0.1, 0.15) is 0 Å². The quantitative estimate of drug-likeness (QED) is 0.545. The number of rotatable bonds is 3. The van der Waals surface area contributed by atoms with E-state index in [1.807, 2.05) is 25.1 Å². The van der Waals surface area contributed by atoms with Gasteiger partial charge in [0.05, 0.1) is 0 Å². The summed E-state index contributed by atoms with van der Waals surface area (Å²) in [6.07, 6.45) is 3.43. The zero-order valence-corrected chi connectivity index (χ0v) is 7.66. The molecule has 0 bridgehead atoms. The van der Waals surface area contributed by atoms with Gasteiger partial charge in [-0.2, -0.15) is 0 Å². The van der Waals surface area contributed by atoms with E-state index in [9.17, 15) is 4.79 Å². The standard InChI is InChI=1S/C8H16N2O/c1-9(2)7-5-6-8(11)10(3)4/h5-6H,7H2,1-4H3. The van der Waals surface area contributed by atoms with Crippen molar-refractivity contribution in [2.24, 2.45) is 0 Å². The molecular weight excluding hydrogens is 140 g/mol. The molecule has 1 amide bonds. The summed E-state index contributed by atoms with van der Waals surface area (Å²) in [5.41, 5.74) is 0. The lowest BCUT2D eigenvalue weighted by Gasteiger charge is -2.06. The molecule has 0 N–H and O–H groups in total. The van der Waals surface area contributed by atoms with E-state index in [2.05, 4.69) is 0 Å². The van der Waals surface area contributed by atoms with E-state index >= 15 is 0 Å². The summed E-state index contributed by atoms with van der Waals surface area (Å²) < 4.78 is 0. The van der Waals surface area contributed by atoms with Gasteiger partial charge in [-0.3, -0.25) is 4.79 Å². The molecule has 0 spiro atoms. The van der Waals surface area contributed by atoms with Gasteiger partial charge in [0.1, 0.15) is 0 Å². The predicted molar refractivity (Wildman–Crippen MR) is 46.4 cm³/mol. The molecule has 64 valence electrons. The normalized spacial score (nSPS) is 11.0. The summed E-state index contributed by atoms with van der Waals surface area (Å²) >= 11 is 0. The topological polar surface area (TPSA) is 23.6 Å². The first kappa shape index (κ1) is 10.2. The lowest BCUT2D eigenvalue weighted by atomic mass is 10.4. The maximum atomic E-state index is 10.9. The second kappa shape index (κ2) is 4.91. The van der Waals surface area contributed by atoms with Gasteiger partial charge in [-0.05, 0) is 14.1 Å². The number of amides is 1. The Hall–Kier alpha value is -0.830. The summed E-state index contributed by atoms with van der Waals surface area (Å²) in [6, 6.07) is 0. The Bertz CT molecular complexity index is 150. The minimum atomic E-state index is 0.0341. The smallest absolute Gasteiger partial charge is 0.245 e. The van der Waals surface area contributed by atoms with Crippen LogP contribution in [0.2, 0.25) is 0 Å². The second-order valence-electron chi connectivity index (χ2n) is 2.90. The Morgan fingerprint density at radius 3 is 2.18 bits per heavy atom. The molecule has 0 aliphatic rings. The van der Waals surface area contributed by atoms with Crippen molar-refractivity contribution in [3.63, 3.8) is 0 Å². The number of hydrogen-bond donors (Lipinski definition) is 0. The highest BCUT2D eigenvalue weighted by atomic mass is 16.2. The number of carbonyl (C=O) groups is 1. The van der Waals surface area contributed by atoms with Crippen molar-refractivity contribution in [3.05, 3.63) is 12.2 Å². The van der Waals surface area contributed by atoms with Crippen LogP contribution in [0.15, 0.2) is 12.2 Å². The van der Waals surface area contributed by atoms with E-state index in [0.29, 0.717) is 0 Å². The lowest BCUT2D eigenvalue weighted by Crippen LogP contribution is -2.19. The fraction of sp³-hybridized carbons (Fsp3) is 0.625. The molecular formula is C8H16N2O. The maximum Gasteiger partial charge on any atom is 0.245 e. The third kappa shape index (κ3) is 5.61. The fourth-order valence-electron chi connectivity index (χ4n) is 0.513. The van der Waals surface area contributed by atoms with E-state index in [-0.39, 0.29) is 5.91 Å². The monoisotopic (exact) mass is 156 g/mol. The van der Waals surface area contributed by atoms with E-state index < -0.39 is 0 Å². The van der Waals surface area contributed by atoms with Gasteiger partial charge in [0.2, 0.25) is 5.91 Å².